The van der Waals surface area contributed by atoms with Gasteiger partial charge in [-0.05, 0) is 31.0 Å². The largest absolute Gasteiger partial charge is 0.493 e. The normalized spacial score (nSPS) is 12.1. The van der Waals surface area contributed by atoms with Crippen LogP contribution >= 0.6 is 11.8 Å². The monoisotopic (exact) mass is 301 g/mol. The zero-order valence-electron chi connectivity index (χ0n) is 12.7. The highest BCUT2D eigenvalue weighted by molar-refractivity contribution is 7.99. The number of hydrogen-bond donors (Lipinski definition) is 1. The van der Waals surface area contributed by atoms with Gasteiger partial charge in [-0.3, -0.25) is 0 Å². The molecule has 0 radical (unpaired) electrons. The first-order chi connectivity index (χ1) is 10.2. The Hall–Kier alpha value is -1.45. The Morgan fingerprint density at radius 2 is 1.81 bits per heavy atom. The summed E-state index contributed by atoms with van der Waals surface area (Å²) in [5, 5.41) is 0. The number of ether oxygens (including phenoxy) is 1. The predicted molar refractivity (Wildman–Crippen MR) is 91.1 cm³/mol. The molecule has 0 aliphatic carbocycles. The van der Waals surface area contributed by atoms with Crippen molar-refractivity contribution in [2.24, 2.45) is 5.73 Å². The molecule has 0 spiro atoms. The van der Waals surface area contributed by atoms with E-state index in [1.807, 2.05) is 18.2 Å². The zero-order chi connectivity index (χ0) is 15.1. The Balaban J connectivity index is 2.03. The van der Waals surface area contributed by atoms with Gasteiger partial charge in [-0.15, -0.1) is 11.8 Å². The third kappa shape index (κ3) is 4.51. The summed E-state index contributed by atoms with van der Waals surface area (Å²) in [5.74, 6) is 1.76. The summed E-state index contributed by atoms with van der Waals surface area (Å²) in [5.41, 5.74) is 8.75. The van der Waals surface area contributed by atoms with E-state index in [0.717, 1.165) is 30.1 Å². The highest BCUT2D eigenvalue weighted by Gasteiger charge is 2.12. The molecule has 112 valence electrons. The summed E-state index contributed by atoms with van der Waals surface area (Å²) in [7, 11) is 0. The minimum absolute atomic E-state index is 0.0253. The fourth-order valence-electron chi connectivity index (χ4n) is 2.12. The third-order valence-electron chi connectivity index (χ3n) is 3.29. The summed E-state index contributed by atoms with van der Waals surface area (Å²) >= 11 is 1.80. The summed E-state index contributed by atoms with van der Waals surface area (Å²) in [6.45, 7) is 4.97. The first-order valence-corrected chi connectivity index (χ1v) is 8.36. The van der Waals surface area contributed by atoms with E-state index in [9.17, 15) is 0 Å². The van der Waals surface area contributed by atoms with Gasteiger partial charge in [0.2, 0.25) is 0 Å². The van der Waals surface area contributed by atoms with Crippen LogP contribution < -0.4 is 10.5 Å². The average molecular weight is 301 g/mol. The van der Waals surface area contributed by atoms with Crippen molar-refractivity contribution in [2.75, 3.05) is 12.4 Å². The number of nitrogens with two attached hydrogens (primary N) is 1. The minimum atomic E-state index is -0.0253. The second kappa shape index (κ2) is 8.11. The molecular formula is C18H23NOS. The predicted octanol–water partition coefficient (Wildman–Crippen LogP) is 4.58. The van der Waals surface area contributed by atoms with E-state index in [1.54, 1.807) is 11.8 Å². The van der Waals surface area contributed by atoms with E-state index < -0.39 is 0 Å². The zero-order valence-corrected chi connectivity index (χ0v) is 13.5. The third-order valence-corrected chi connectivity index (χ3v) is 4.59. The standard InChI is InChI=1S/C18H23NOS/c1-3-12-20-17-10-6-5-9-15(17)16(19)13-21-18-11-7-4-8-14(18)2/h4-11,16H,3,12-13,19H2,1-2H3. The van der Waals surface area contributed by atoms with Crippen LogP contribution in [-0.4, -0.2) is 12.4 Å². The highest BCUT2D eigenvalue weighted by atomic mass is 32.2. The second-order valence-corrected chi connectivity index (χ2v) is 6.13. The molecule has 2 aromatic carbocycles. The van der Waals surface area contributed by atoms with Crippen molar-refractivity contribution in [3.8, 4) is 5.75 Å². The lowest BCUT2D eigenvalue weighted by atomic mass is 10.1. The summed E-state index contributed by atoms with van der Waals surface area (Å²) in [4.78, 5) is 1.29. The maximum Gasteiger partial charge on any atom is 0.124 e. The van der Waals surface area contributed by atoms with Crippen molar-refractivity contribution in [2.45, 2.75) is 31.2 Å². The molecule has 2 N–H and O–H groups in total. The lowest BCUT2D eigenvalue weighted by molar-refractivity contribution is 0.313. The molecule has 0 bridgehead atoms. The molecule has 0 heterocycles. The summed E-state index contributed by atoms with van der Waals surface area (Å²) in [6.07, 6.45) is 1.00. The molecule has 2 nitrogen and oxygen atoms in total. The molecule has 0 aliphatic heterocycles. The van der Waals surface area contributed by atoms with Gasteiger partial charge in [-0.1, -0.05) is 43.3 Å². The van der Waals surface area contributed by atoms with Crippen LogP contribution in [0.25, 0.3) is 0 Å². The van der Waals surface area contributed by atoms with Crippen LogP contribution in [0.2, 0.25) is 0 Å². The molecular weight excluding hydrogens is 278 g/mol. The maximum absolute atomic E-state index is 6.36. The second-order valence-electron chi connectivity index (χ2n) is 5.07. The van der Waals surface area contributed by atoms with E-state index >= 15 is 0 Å². The Labute approximate surface area is 131 Å². The molecule has 0 saturated carbocycles. The summed E-state index contributed by atoms with van der Waals surface area (Å²) < 4.78 is 5.79. The van der Waals surface area contributed by atoms with Crippen LogP contribution in [0.15, 0.2) is 53.4 Å². The molecule has 3 heteroatoms. The van der Waals surface area contributed by atoms with Gasteiger partial charge in [0.25, 0.3) is 0 Å². The first kappa shape index (κ1) is 15.9. The van der Waals surface area contributed by atoms with Gasteiger partial charge in [-0.2, -0.15) is 0 Å². The molecule has 21 heavy (non-hydrogen) atoms. The number of benzene rings is 2. The lowest BCUT2D eigenvalue weighted by Crippen LogP contribution is -2.14. The minimum Gasteiger partial charge on any atom is -0.493 e. The molecule has 0 aliphatic rings. The van der Waals surface area contributed by atoms with Crippen LogP contribution in [0.4, 0.5) is 0 Å². The van der Waals surface area contributed by atoms with Gasteiger partial charge in [0, 0.05) is 22.3 Å². The van der Waals surface area contributed by atoms with E-state index in [2.05, 4.69) is 44.2 Å². The van der Waals surface area contributed by atoms with Gasteiger partial charge in [0.05, 0.1) is 6.61 Å². The van der Waals surface area contributed by atoms with Crippen molar-refractivity contribution in [1.82, 2.24) is 0 Å². The van der Waals surface area contributed by atoms with Gasteiger partial charge in [0.15, 0.2) is 0 Å². The first-order valence-electron chi connectivity index (χ1n) is 7.38. The highest BCUT2D eigenvalue weighted by Crippen LogP contribution is 2.30. The molecule has 2 aromatic rings. The van der Waals surface area contributed by atoms with Crippen LogP contribution in [0.3, 0.4) is 0 Å². The van der Waals surface area contributed by atoms with Crippen LogP contribution in [0, 0.1) is 6.92 Å². The molecule has 0 fully saturated rings. The van der Waals surface area contributed by atoms with Crippen LogP contribution in [0.1, 0.15) is 30.5 Å². The Bertz CT molecular complexity index is 571. The van der Waals surface area contributed by atoms with Gasteiger partial charge < -0.3 is 10.5 Å². The van der Waals surface area contributed by atoms with E-state index in [0.29, 0.717) is 0 Å². The van der Waals surface area contributed by atoms with Gasteiger partial charge in [0.1, 0.15) is 5.75 Å². The molecule has 1 atom stereocenters. The SMILES string of the molecule is CCCOc1ccccc1C(N)CSc1ccccc1C. The Morgan fingerprint density at radius 3 is 2.57 bits per heavy atom. The van der Waals surface area contributed by atoms with Gasteiger partial charge in [-0.25, -0.2) is 0 Å². The average Bonchev–Trinajstić information content (AvgIpc) is 2.52. The van der Waals surface area contributed by atoms with Crippen LogP contribution in [0.5, 0.6) is 5.75 Å². The quantitative estimate of drug-likeness (QED) is 0.760. The van der Waals surface area contributed by atoms with Crippen LogP contribution in [-0.2, 0) is 0 Å². The molecule has 1 unspecified atom stereocenters. The molecule has 0 saturated heterocycles. The van der Waals surface area contributed by atoms with E-state index in [-0.39, 0.29) is 6.04 Å². The van der Waals surface area contributed by atoms with Crippen molar-refractivity contribution in [3.05, 3.63) is 59.7 Å². The van der Waals surface area contributed by atoms with E-state index in [1.165, 1.54) is 10.5 Å². The molecule has 0 aromatic heterocycles. The van der Waals surface area contributed by atoms with Gasteiger partial charge >= 0.3 is 0 Å². The Kier molecular flexibility index (Phi) is 6.15. The fourth-order valence-corrected chi connectivity index (χ4v) is 3.13. The fraction of sp³-hybridized carbons (Fsp3) is 0.333. The van der Waals surface area contributed by atoms with E-state index in [4.69, 9.17) is 10.5 Å². The topological polar surface area (TPSA) is 35.2 Å². The smallest absolute Gasteiger partial charge is 0.124 e. The number of aryl methyl sites for hydroxylation is 1. The van der Waals surface area contributed by atoms with Crippen molar-refractivity contribution < 1.29 is 4.74 Å². The number of hydrogen-bond acceptors (Lipinski definition) is 3. The van der Waals surface area contributed by atoms with Crippen molar-refractivity contribution in [3.63, 3.8) is 0 Å². The maximum atomic E-state index is 6.36. The van der Waals surface area contributed by atoms with Crippen molar-refractivity contribution in [1.29, 1.82) is 0 Å². The number of thioether (sulfide) groups is 1. The molecule has 0 amide bonds. The summed E-state index contributed by atoms with van der Waals surface area (Å²) in [6, 6.07) is 16.5. The number of para-hydroxylation sites is 1. The van der Waals surface area contributed by atoms with Crippen molar-refractivity contribution >= 4 is 11.8 Å². The number of rotatable bonds is 7. The molecule has 2 rings (SSSR count). The lowest BCUT2D eigenvalue weighted by Gasteiger charge is -2.17. The Morgan fingerprint density at radius 1 is 1.10 bits per heavy atom.